The van der Waals surface area contributed by atoms with Crippen LogP contribution in [0.15, 0.2) is 24.3 Å². The molecule has 1 heterocycles. The van der Waals surface area contributed by atoms with Gasteiger partial charge in [-0.3, -0.25) is 14.9 Å². The van der Waals surface area contributed by atoms with Crippen molar-refractivity contribution in [2.45, 2.75) is 20.3 Å². The Morgan fingerprint density at radius 2 is 1.81 bits per heavy atom. The molecule has 2 aromatic rings. The lowest BCUT2D eigenvalue weighted by Crippen LogP contribution is -2.14. The van der Waals surface area contributed by atoms with Crippen LogP contribution in [0.5, 0.6) is 0 Å². The van der Waals surface area contributed by atoms with E-state index in [1.807, 2.05) is 0 Å². The van der Waals surface area contributed by atoms with E-state index in [9.17, 15) is 9.59 Å². The van der Waals surface area contributed by atoms with E-state index in [1.54, 1.807) is 12.1 Å². The monoisotopic (exact) mass is 304 g/mol. The Balaban J connectivity index is 2.03. The second-order valence-electron chi connectivity index (χ2n) is 4.99. The highest BCUT2D eigenvalue weighted by Gasteiger charge is 2.11. The summed E-state index contributed by atoms with van der Waals surface area (Å²) in [6.07, 6.45) is 0.834. The average Bonchev–Trinajstić information content (AvgIpc) is 2.85. The highest BCUT2D eigenvalue weighted by Crippen LogP contribution is 2.19. The maximum absolute atomic E-state index is 12.0. The molecule has 0 bridgehead atoms. The number of nitrogens with one attached hydrogen (secondary N) is 1. The van der Waals surface area contributed by atoms with Gasteiger partial charge in [-0.2, -0.15) is 0 Å². The summed E-state index contributed by atoms with van der Waals surface area (Å²) in [7, 11) is 0. The average molecular weight is 304 g/mol. The number of benzene rings is 1. The molecule has 0 aliphatic heterocycles. The van der Waals surface area contributed by atoms with Gasteiger partial charge in [0.1, 0.15) is 5.01 Å². The summed E-state index contributed by atoms with van der Waals surface area (Å²) in [6, 6.07) is 6.13. The first-order chi connectivity index (χ1) is 9.95. The SMILES string of the molecule is CC(C)Cc1nnc(NC(=O)c2ccc(C(N)=O)cc2)s1. The number of nitrogens with zero attached hydrogens (tertiary/aromatic N) is 2. The molecule has 1 aromatic heterocycles. The molecule has 0 atom stereocenters. The maximum atomic E-state index is 12.0. The predicted octanol–water partition coefficient (Wildman–Crippen LogP) is 2.09. The summed E-state index contributed by atoms with van der Waals surface area (Å²) >= 11 is 1.36. The van der Waals surface area contributed by atoms with Crippen molar-refractivity contribution in [2.24, 2.45) is 11.7 Å². The third-order valence-electron chi connectivity index (χ3n) is 2.70. The van der Waals surface area contributed by atoms with Crippen LogP contribution in [-0.4, -0.2) is 22.0 Å². The number of nitrogens with two attached hydrogens (primary N) is 1. The molecular weight excluding hydrogens is 288 g/mol. The summed E-state index contributed by atoms with van der Waals surface area (Å²) < 4.78 is 0. The molecule has 0 fully saturated rings. The van der Waals surface area contributed by atoms with E-state index in [0.717, 1.165) is 11.4 Å². The van der Waals surface area contributed by atoms with Crippen molar-refractivity contribution in [3.05, 3.63) is 40.4 Å². The molecule has 21 heavy (non-hydrogen) atoms. The fourth-order valence-electron chi connectivity index (χ4n) is 1.69. The van der Waals surface area contributed by atoms with Crippen LogP contribution in [0, 0.1) is 5.92 Å². The Labute approximate surface area is 126 Å². The number of hydrogen-bond donors (Lipinski definition) is 2. The van der Waals surface area contributed by atoms with Gasteiger partial charge >= 0.3 is 0 Å². The number of carbonyl (C=O) groups is 2. The number of primary amides is 1. The van der Waals surface area contributed by atoms with Gasteiger partial charge in [-0.1, -0.05) is 25.2 Å². The van der Waals surface area contributed by atoms with Gasteiger partial charge in [0, 0.05) is 17.5 Å². The second-order valence-corrected chi connectivity index (χ2v) is 6.06. The van der Waals surface area contributed by atoms with Crippen LogP contribution in [-0.2, 0) is 6.42 Å². The molecule has 0 aliphatic carbocycles. The smallest absolute Gasteiger partial charge is 0.257 e. The van der Waals surface area contributed by atoms with Crippen molar-refractivity contribution in [3.63, 3.8) is 0 Å². The van der Waals surface area contributed by atoms with Gasteiger partial charge in [0.15, 0.2) is 0 Å². The van der Waals surface area contributed by atoms with E-state index in [4.69, 9.17) is 5.73 Å². The minimum Gasteiger partial charge on any atom is -0.366 e. The molecule has 110 valence electrons. The Morgan fingerprint density at radius 3 is 2.38 bits per heavy atom. The van der Waals surface area contributed by atoms with E-state index in [1.165, 1.54) is 23.5 Å². The van der Waals surface area contributed by atoms with Crippen molar-refractivity contribution >= 4 is 28.3 Å². The Hall–Kier alpha value is -2.28. The van der Waals surface area contributed by atoms with E-state index in [-0.39, 0.29) is 5.91 Å². The molecule has 3 N–H and O–H groups in total. The summed E-state index contributed by atoms with van der Waals surface area (Å²) in [5.74, 6) is -0.328. The number of hydrogen-bond acceptors (Lipinski definition) is 5. The number of rotatable bonds is 5. The molecular formula is C14H16N4O2S. The van der Waals surface area contributed by atoms with Gasteiger partial charge in [0.2, 0.25) is 11.0 Å². The van der Waals surface area contributed by atoms with Crippen molar-refractivity contribution < 1.29 is 9.59 Å². The zero-order chi connectivity index (χ0) is 15.4. The lowest BCUT2D eigenvalue weighted by Gasteiger charge is -2.02. The van der Waals surface area contributed by atoms with Gasteiger partial charge in [-0.15, -0.1) is 10.2 Å². The Morgan fingerprint density at radius 1 is 1.19 bits per heavy atom. The van der Waals surface area contributed by atoms with E-state index in [0.29, 0.717) is 22.2 Å². The third kappa shape index (κ3) is 4.09. The number of anilines is 1. The van der Waals surface area contributed by atoms with Crippen LogP contribution >= 0.6 is 11.3 Å². The highest BCUT2D eigenvalue weighted by molar-refractivity contribution is 7.15. The lowest BCUT2D eigenvalue weighted by atomic mass is 10.1. The molecule has 6 nitrogen and oxygen atoms in total. The van der Waals surface area contributed by atoms with E-state index >= 15 is 0 Å². The molecule has 0 aliphatic rings. The molecule has 1 aromatic carbocycles. The quantitative estimate of drug-likeness (QED) is 0.883. The number of carbonyl (C=O) groups excluding carboxylic acids is 2. The normalized spacial score (nSPS) is 10.6. The minimum absolute atomic E-state index is 0.293. The summed E-state index contributed by atoms with van der Waals surface area (Å²) in [6.45, 7) is 4.19. The van der Waals surface area contributed by atoms with Crippen LogP contribution in [0.4, 0.5) is 5.13 Å². The van der Waals surface area contributed by atoms with Crippen LogP contribution in [0.25, 0.3) is 0 Å². The lowest BCUT2D eigenvalue weighted by molar-refractivity contribution is 0.0995. The molecule has 0 spiro atoms. The van der Waals surface area contributed by atoms with Gasteiger partial charge in [0.05, 0.1) is 0 Å². The van der Waals surface area contributed by atoms with E-state index in [2.05, 4.69) is 29.4 Å². The largest absolute Gasteiger partial charge is 0.366 e. The summed E-state index contributed by atoms with van der Waals surface area (Å²) in [4.78, 5) is 23.0. The predicted molar refractivity (Wildman–Crippen MR) is 81.4 cm³/mol. The zero-order valence-corrected chi connectivity index (χ0v) is 12.6. The maximum Gasteiger partial charge on any atom is 0.257 e. The Kier molecular flexibility index (Phi) is 4.64. The molecule has 0 saturated heterocycles. The van der Waals surface area contributed by atoms with Crippen molar-refractivity contribution in [2.75, 3.05) is 5.32 Å². The number of amides is 2. The van der Waals surface area contributed by atoms with Crippen LogP contribution in [0.1, 0.15) is 39.6 Å². The topological polar surface area (TPSA) is 98.0 Å². The number of aromatic nitrogens is 2. The van der Waals surface area contributed by atoms with Crippen molar-refractivity contribution in [3.8, 4) is 0 Å². The fourth-order valence-corrected chi connectivity index (χ4v) is 2.64. The third-order valence-corrected chi connectivity index (χ3v) is 3.56. The molecule has 0 radical (unpaired) electrons. The first-order valence-corrected chi connectivity index (χ1v) is 7.31. The molecule has 2 amide bonds. The zero-order valence-electron chi connectivity index (χ0n) is 11.8. The first-order valence-electron chi connectivity index (χ1n) is 6.49. The fraction of sp³-hybridized carbons (Fsp3) is 0.286. The van der Waals surface area contributed by atoms with Gasteiger partial charge in [-0.25, -0.2) is 0 Å². The van der Waals surface area contributed by atoms with Crippen LogP contribution < -0.4 is 11.1 Å². The Bertz CT molecular complexity index is 649. The van der Waals surface area contributed by atoms with Gasteiger partial charge in [0.25, 0.3) is 5.91 Å². The molecule has 0 saturated carbocycles. The van der Waals surface area contributed by atoms with Crippen molar-refractivity contribution in [1.29, 1.82) is 0 Å². The molecule has 0 unspecified atom stereocenters. The minimum atomic E-state index is -0.524. The highest BCUT2D eigenvalue weighted by atomic mass is 32.1. The standard InChI is InChI=1S/C14H16N4O2S/c1-8(2)7-11-17-18-14(21-11)16-13(20)10-5-3-9(4-6-10)12(15)19/h3-6,8H,7H2,1-2H3,(H2,15,19)(H,16,18,20). The van der Waals surface area contributed by atoms with Gasteiger partial charge < -0.3 is 5.73 Å². The first kappa shape index (κ1) is 15.1. The molecule has 2 rings (SSSR count). The summed E-state index contributed by atoms with van der Waals surface area (Å²) in [5.41, 5.74) is 5.94. The van der Waals surface area contributed by atoms with Crippen LogP contribution in [0.3, 0.4) is 0 Å². The van der Waals surface area contributed by atoms with E-state index < -0.39 is 5.91 Å². The van der Waals surface area contributed by atoms with Gasteiger partial charge in [-0.05, 0) is 30.2 Å². The summed E-state index contributed by atoms with van der Waals surface area (Å²) in [5, 5.41) is 12.0. The second kappa shape index (κ2) is 6.45. The van der Waals surface area contributed by atoms with Crippen LogP contribution in [0.2, 0.25) is 0 Å². The van der Waals surface area contributed by atoms with Crippen molar-refractivity contribution in [1.82, 2.24) is 10.2 Å². The molecule has 7 heteroatoms.